The minimum Gasteiger partial charge on any atom is -0.153 e. The molecule has 0 unspecified atom stereocenters. The third-order valence-electron chi connectivity index (χ3n) is 1.54. The zero-order chi connectivity index (χ0) is 8.39. The van der Waals surface area contributed by atoms with E-state index in [-0.39, 0.29) is 0 Å². The molecule has 0 aliphatic rings. The van der Waals surface area contributed by atoms with E-state index in [0.29, 0.717) is 0 Å². The molecule has 2 aromatic rings. The van der Waals surface area contributed by atoms with Gasteiger partial charge in [0.2, 0.25) is 0 Å². The summed E-state index contributed by atoms with van der Waals surface area (Å²) in [6.45, 7) is 1.87. The lowest BCUT2D eigenvalue weighted by Gasteiger charge is -1.96. The fourth-order valence-electron chi connectivity index (χ4n) is 0.983. The van der Waals surface area contributed by atoms with Gasteiger partial charge in [0.15, 0.2) is 0 Å². The largest absolute Gasteiger partial charge is 0.153 e. The summed E-state index contributed by atoms with van der Waals surface area (Å²) in [7, 11) is 0. The Morgan fingerprint density at radius 1 is 1.25 bits per heavy atom. The number of rotatable bonds is 1. The summed E-state index contributed by atoms with van der Waals surface area (Å²) in [6, 6.07) is 9.77. The van der Waals surface area contributed by atoms with Crippen molar-refractivity contribution < 1.29 is 0 Å². The minimum atomic E-state index is 0.804. The maximum Gasteiger partial charge on any atom is 0.138 e. The van der Waals surface area contributed by atoms with Crippen LogP contribution < -0.4 is 0 Å². The van der Waals surface area contributed by atoms with E-state index in [2.05, 4.69) is 16.4 Å². The van der Waals surface area contributed by atoms with Gasteiger partial charge < -0.3 is 0 Å². The van der Waals surface area contributed by atoms with Crippen molar-refractivity contribution in [3.8, 4) is 5.69 Å². The van der Waals surface area contributed by atoms with Gasteiger partial charge in [0.05, 0.1) is 11.4 Å². The minimum absolute atomic E-state index is 0.804. The lowest BCUT2D eigenvalue weighted by Crippen LogP contribution is -1.97. The van der Waals surface area contributed by atoms with Crippen LogP contribution in [0.5, 0.6) is 0 Å². The predicted molar refractivity (Wildman–Crippen MR) is 44.9 cm³/mol. The van der Waals surface area contributed by atoms with Crippen molar-refractivity contribution in [1.82, 2.24) is 15.0 Å². The van der Waals surface area contributed by atoms with E-state index in [1.807, 2.05) is 37.3 Å². The average molecular weight is 158 g/mol. The highest BCUT2D eigenvalue weighted by Gasteiger charge is 1.97. The average Bonchev–Trinajstić information content (AvgIpc) is 2.54. The molecule has 0 saturated heterocycles. The maximum atomic E-state index is 4.13. The first-order valence-electron chi connectivity index (χ1n) is 3.73. The van der Waals surface area contributed by atoms with E-state index in [9.17, 15) is 0 Å². The van der Waals surface area contributed by atoms with Gasteiger partial charge in [-0.1, -0.05) is 18.2 Å². The molecule has 0 aliphatic carbocycles. The van der Waals surface area contributed by atoms with Crippen LogP contribution in [0.1, 0.15) is 5.69 Å². The van der Waals surface area contributed by atoms with Gasteiger partial charge in [-0.15, -0.1) is 5.10 Å². The maximum absolute atomic E-state index is 4.13. The molecule has 1 aromatic heterocycles. The Kier molecular flexibility index (Phi) is 1.63. The number of hydrogen-bond donors (Lipinski definition) is 0. The quantitative estimate of drug-likeness (QED) is 0.627. The predicted octanol–water partition coefficient (Wildman–Crippen LogP) is 1.38. The topological polar surface area (TPSA) is 30.7 Å². The van der Waals surface area contributed by atoms with E-state index < -0.39 is 0 Å². The zero-order valence-electron chi connectivity index (χ0n) is 6.73. The molecule has 3 heteroatoms. The monoisotopic (exact) mass is 158 g/mol. The Balaban J connectivity index is 2.45. The molecule has 1 radical (unpaired) electrons. The van der Waals surface area contributed by atoms with E-state index >= 15 is 0 Å². The van der Waals surface area contributed by atoms with Crippen LogP contribution in [0.4, 0.5) is 0 Å². The van der Waals surface area contributed by atoms with Gasteiger partial charge in [0.25, 0.3) is 0 Å². The van der Waals surface area contributed by atoms with Crippen molar-refractivity contribution in [3.63, 3.8) is 0 Å². The third kappa shape index (κ3) is 1.21. The van der Waals surface area contributed by atoms with Crippen LogP contribution in [-0.4, -0.2) is 15.0 Å². The summed E-state index contributed by atoms with van der Waals surface area (Å²) in [5, 5.41) is 8.10. The van der Waals surface area contributed by atoms with Gasteiger partial charge in [0.1, 0.15) is 6.20 Å². The molecular formula is C9H8N3. The van der Waals surface area contributed by atoms with Gasteiger partial charge in [-0.2, -0.15) is 9.90 Å². The van der Waals surface area contributed by atoms with Crippen LogP contribution >= 0.6 is 0 Å². The molecule has 0 fully saturated rings. The highest BCUT2D eigenvalue weighted by molar-refractivity contribution is 5.28. The molecule has 59 valence electrons. The summed E-state index contributed by atoms with van der Waals surface area (Å²) in [4.78, 5) is 1.56. The molecule has 1 heterocycles. The lowest BCUT2D eigenvalue weighted by molar-refractivity contribution is 0.745. The Hall–Kier alpha value is -1.64. The molecule has 12 heavy (non-hydrogen) atoms. The summed E-state index contributed by atoms with van der Waals surface area (Å²) >= 11 is 0. The van der Waals surface area contributed by atoms with Gasteiger partial charge in [-0.05, 0) is 19.1 Å². The standard InChI is InChI=1S/C9H8N3/c1-8-7-10-12(11-8)9-5-3-2-4-6-9/h2-6H,1H3. The second kappa shape index (κ2) is 2.77. The van der Waals surface area contributed by atoms with Crippen LogP contribution in [0.25, 0.3) is 5.69 Å². The second-order valence-electron chi connectivity index (χ2n) is 2.52. The molecule has 0 atom stereocenters. The van der Waals surface area contributed by atoms with Crippen LogP contribution in [0.15, 0.2) is 30.3 Å². The SMILES string of the molecule is Cc1[c]nn(-c2ccccc2)n1. The Labute approximate surface area is 70.6 Å². The summed E-state index contributed by atoms with van der Waals surface area (Å²) < 4.78 is 0. The molecule has 0 bridgehead atoms. The molecule has 0 aliphatic heterocycles. The first kappa shape index (κ1) is 7.03. The van der Waals surface area contributed by atoms with Gasteiger partial charge >= 0.3 is 0 Å². The van der Waals surface area contributed by atoms with Crippen molar-refractivity contribution in [2.75, 3.05) is 0 Å². The summed E-state index contributed by atoms with van der Waals surface area (Å²) in [6.07, 6.45) is 2.77. The summed E-state index contributed by atoms with van der Waals surface area (Å²) in [5.41, 5.74) is 1.76. The number of aryl methyl sites for hydroxylation is 1. The Bertz CT molecular complexity index is 364. The Morgan fingerprint density at radius 3 is 2.58 bits per heavy atom. The molecular weight excluding hydrogens is 150 g/mol. The third-order valence-corrected chi connectivity index (χ3v) is 1.54. The smallest absolute Gasteiger partial charge is 0.138 e. The van der Waals surface area contributed by atoms with Gasteiger partial charge in [0, 0.05) is 0 Å². The molecule has 1 aromatic carbocycles. The molecule has 0 saturated carbocycles. The van der Waals surface area contributed by atoms with Gasteiger partial charge in [-0.3, -0.25) is 0 Å². The van der Waals surface area contributed by atoms with Crippen molar-refractivity contribution in [2.45, 2.75) is 6.92 Å². The highest BCUT2D eigenvalue weighted by atomic mass is 15.5. The normalized spacial score (nSPS) is 10.1. The summed E-state index contributed by atoms with van der Waals surface area (Å²) in [5.74, 6) is 0. The fourth-order valence-corrected chi connectivity index (χ4v) is 0.983. The van der Waals surface area contributed by atoms with Crippen LogP contribution in [0.2, 0.25) is 0 Å². The molecule has 3 nitrogen and oxygen atoms in total. The van der Waals surface area contributed by atoms with Crippen molar-refractivity contribution in [1.29, 1.82) is 0 Å². The Morgan fingerprint density at radius 2 is 2.00 bits per heavy atom. The van der Waals surface area contributed by atoms with E-state index in [4.69, 9.17) is 0 Å². The van der Waals surface area contributed by atoms with E-state index in [1.165, 1.54) is 0 Å². The molecule has 0 N–H and O–H groups in total. The van der Waals surface area contributed by atoms with E-state index in [1.54, 1.807) is 4.80 Å². The number of aromatic nitrogens is 3. The molecule has 2 rings (SSSR count). The van der Waals surface area contributed by atoms with Crippen molar-refractivity contribution >= 4 is 0 Å². The number of hydrogen-bond acceptors (Lipinski definition) is 2. The zero-order valence-corrected chi connectivity index (χ0v) is 6.73. The van der Waals surface area contributed by atoms with Gasteiger partial charge in [-0.25, -0.2) is 0 Å². The van der Waals surface area contributed by atoms with Crippen molar-refractivity contribution in [3.05, 3.63) is 42.2 Å². The van der Waals surface area contributed by atoms with Crippen LogP contribution in [0, 0.1) is 13.1 Å². The number of nitrogens with zero attached hydrogens (tertiary/aromatic N) is 3. The molecule has 0 amide bonds. The van der Waals surface area contributed by atoms with Crippen LogP contribution in [-0.2, 0) is 0 Å². The molecule has 0 spiro atoms. The van der Waals surface area contributed by atoms with Crippen LogP contribution in [0.3, 0.4) is 0 Å². The first-order valence-corrected chi connectivity index (χ1v) is 3.73. The number of para-hydroxylation sites is 1. The fraction of sp³-hybridized carbons (Fsp3) is 0.111. The number of benzene rings is 1. The van der Waals surface area contributed by atoms with Crippen molar-refractivity contribution in [2.24, 2.45) is 0 Å². The van der Waals surface area contributed by atoms with E-state index in [0.717, 1.165) is 11.4 Å². The lowest BCUT2D eigenvalue weighted by atomic mass is 10.3. The highest BCUT2D eigenvalue weighted by Crippen LogP contribution is 2.02. The second-order valence-corrected chi connectivity index (χ2v) is 2.52. The first-order chi connectivity index (χ1) is 5.86.